The number of anilines is 1. The van der Waals surface area contributed by atoms with Gasteiger partial charge in [-0.15, -0.1) is 0 Å². The topological polar surface area (TPSA) is 76.0 Å². The van der Waals surface area contributed by atoms with Crippen molar-refractivity contribution in [2.45, 2.75) is 25.7 Å². The van der Waals surface area contributed by atoms with Gasteiger partial charge in [-0.2, -0.15) is 5.26 Å². The van der Waals surface area contributed by atoms with E-state index in [1.54, 1.807) is 0 Å². The van der Waals surface area contributed by atoms with Gasteiger partial charge in [0.05, 0.1) is 11.5 Å². The molecule has 1 aliphatic heterocycles. The predicted molar refractivity (Wildman–Crippen MR) is 120 cm³/mol. The molecular weight excluding hydrogens is 374 g/mol. The van der Waals surface area contributed by atoms with Crippen LogP contribution in [0, 0.1) is 11.3 Å². The third-order valence-electron chi connectivity index (χ3n) is 6.07. The molecule has 0 amide bonds. The van der Waals surface area contributed by atoms with Crippen LogP contribution in [0.2, 0.25) is 0 Å². The minimum absolute atomic E-state index is 0.0496. The summed E-state index contributed by atoms with van der Waals surface area (Å²) in [6.07, 6.45) is 2.52. The maximum Gasteiger partial charge on any atom is 0.251 e. The molecule has 2 aromatic heterocycles. The number of fused-ring (bicyclic) bond motifs is 1. The van der Waals surface area contributed by atoms with Gasteiger partial charge < -0.3 is 9.88 Å². The van der Waals surface area contributed by atoms with E-state index in [0.29, 0.717) is 13.0 Å². The lowest BCUT2D eigenvalue weighted by Crippen LogP contribution is -2.50. The highest BCUT2D eigenvalue weighted by Crippen LogP contribution is 2.28. The van der Waals surface area contributed by atoms with Gasteiger partial charge in [-0.25, -0.2) is 4.98 Å². The van der Waals surface area contributed by atoms with Gasteiger partial charge >= 0.3 is 0 Å². The zero-order chi connectivity index (χ0) is 21.1. The number of piperazine rings is 1. The molecule has 1 saturated heterocycles. The third-order valence-corrected chi connectivity index (χ3v) is 6.07. The molecule has 154 valence electrons. The molecule has 0 bridgehead atoms. The summed E-state index contributed by atoms with van der Waals surface area (Å²) < 4.78 is 0. The normalized spacial score (nSPS) is 16.9. The Hall–Kier alpha value is -3.17. The van der Waals surface area contributed by atoms with E-state index in [-0.39, 0.29) is 5.56 Å². The van der Waals surface area contributed by atoms with Gasteiger partial charge in [-0.1, -0.05) is 25.1 Å². The van der Waals surface area contributed by atoms with Gasteiger partial charge in [0.1, 0.15) is 5.82 Å². The Morgan fingerprint density at radius 1 is 1.17 bits per heavy atom. The molecule has 6 heteroatoms. The first-order chi connectivity index (χ1) is 14.5. The number of aromatic amines is 1. The Labute approximate surface area is 176 Å². The second-order valence-electron chi connectivity index (χ2n) is 8.17. The van der Waals surface area contributed by atoms with Crippen LogP contribution in [0.3, 0.4) is 0 Å². The van der Waals surface area contributed by atoms with E-state index in [0.717, 1.165) is 54.0 Å². The van der Waals surface area contributed by atoms with Crippen LogP contribution in [-0.4, -0.2) is 47.6 Å². The molecular formula is C24H27N5O. The quantitative estimate of drug-likeness (QED) is 0.711. The molecule has 1 unspecified atom stereocenters. The van der Waals surface area contributed by atoms with Crippen LogP contribution >= 0.6 is 0 Å². The van der Waals surface area contributed by atoms with Crippen molar-refractivity contribution < 1.29 is 0 Å². The largest absolute Gasteiger partial charge is 0.354 e. The number of nitrogens with zero attached hydrogens (tertiary/aromatic N) is 4. The SMILES string of the molecule is CCc1cc2ccc(C(C)(C#N)CN3CCN(c4ccccn4)CC3)cc2[nH]c1=O. The Balaban J connectivity index is 1.51. The van der Waals surface area contributed by atoms with Gasteiger partial charge in [0.2, 0.25) is 0 Å². The first kappa shape index (κ1) is 20.1. The van der Waals surface area contributed by atoms with E-state index in [9.17, 15) is 10.1 Å². The van der Waals surface area contributed by atoms with Crippen molar-refractivity contribution in [2.24, 2.45) is 0 Å². The second-order valence-corrected chi connectivity index (χ2v) is 8.17. The molecule has 0 spiro atoms. The van der Waals surface area contributed by atoms with Gasteiger partial charge in [0, 0.05) is 50.0 Å². The first-order valence-corrected chi connectivity index (χ1v) is 10.5. The summed E-state index contributed by atoms with van der Waals surface area (Å²) in [5, 5.41) is 11.0. The Bertz CT molecular complexity index is 1130. The number of aryl methyl sites for hydroxylation is 1. The van der Waals surface area contributed by atoms with Crippen LogP contribution in [0.25, 0.3) is 10.9 Å². The molecule has 3 heterocycles. The molecule has 0 aliphatic carbocycles. The Morgan fingerprint density at radius 3 is 2.63 bits per heavy atom. The van der Waals surface area contributed by atoms with Gasteiger partial charge in [0.15, 0.2) is 0 Å². The highest BCUT2D eigenvalue weighted by molar-refractivity contribution is 5.80. The maximum atomic E-state index is 12.2. The smallest absolute Gasteiger partial charge is 0.251 e. The van der Waals surface area contributed by atoms with Gasteiger partial charge in [-0.3, -0.25) is 9.69 Å². The zero-order valence-corrected chi connectivity index (χ0v) is 17.6. The molecule has 1 atom stereocenters. The van der Waals surface area contributed by atoms with Crippen molar-refractivity contribution in [2.75, 3.05) is 37.6 Å². The summed E-state index contributed by atoms with van der Waals surface area (Å²) in [5.74, 6) is 1.00. The van der Waals surface area contributed by atoms with Gasteiger partial charge in [0.25, 0.3) is 5.56 Å². The third kappa shape index (κ3) is 3.94. The fourth-order valence-corrected chi connectivity index (χ4v) is 4.17. The lowest BCUT2D eigenvalue weighted by molar-refractivity contribution is 0.226. The van der Waals surface area contributed by atoms with Crippen LogP contribution < -0.4 is 10.5 Å². The maximum absolute atomic E-state index is 12.2. The lowest BCUT2D eigenvalue weighted by atomic mass is 9.82. The zero-order valence-electron chi connectivity index (χ0n) is 17.6. The van der Waals surface area contributed by atoms with Gasteiger partial charge in [-0.05, 0) is 48.6 Å². The lowest BCUT2D eigenvalue weighted by Gasteiger charge is -2.38. The average molecular weight is 402 g/mol. The number of aromatic nitrogens is 2. The van der Waals surface area contributed by atoms with E-state index in [1.165, 1.54) is 0 Å². The molecule has 0 radical (unpaired) electrons. The standard InChI is InChI=1S/C24H27N5O/c1-3-18-14-19-7-8-20(15-21(19)27-23(18)30)24(2,16-25)17-28-10-12-29(13-11-28)22-6-4-5-9-26-22/h4-9,14-15H,3,10-13,17H2,1-2H3,(H,27,30). The number of pyridine rings is 2. The molecule has 1 N–H and O–H groups in total. The number of benzene rings is 1. The van der Waals surface area contributed by atoms with Crippen molar-refractivity contribution in [3.8, 4) is 6.07 Å². The predicted octanol–water partition coefficient (Wildman–Crippen LogP) is 3.09. The minimum atomic E-state index is -0.651. The highest BCUT2D eigenvalue weighted by Gasteiger charge is 2.31. The number of H-pyrrole nitrogens is 1. The van der Waals surface area contributed by atoms with E-state index in [2.05, 4.69) is 25.8 Å². The fourth-order valence-electron chi connectivity index (χ4n) is 4.17. The van der Waals surface area contributed by atoms with Crippen molar-refractivity contribution >= 4 is 16.7 Å². The molecule has 0 saturated carbocycles. The Kier molecular flexibility index (Phi) is 5.56. The summed E-state index contributed by atoms with van der Waals surface area (Å²) in [7, 11) is 0. The summed E-state index contributed by atoms with van der Waals surface area (Å²) >= 11 is 0. The molecule has 30 heavy (non-hydrogen) atoms. The van der Waals surface area contributed by atoms with Crippen molar-refractivity contribution in [1.29, 1.82) is 5.26 Å². The monoisotopic (exact) mass is 401 g/mol. The van der Waals surface area contributed by atoms with E-state index < -0.39 is 5.41 Å². The number of hydrogen-bond acceptors (Lipinski definition) is 5. The van der Waals surface area contributed by atoms with E-state index in [1.807, 2.05) is 62.5 Å². The van der Waals surface area contributed by atoms with Crippen molar-refractivity contribution in [1.82, 2.24) is 14.9 Å². The average Bonchev–Trinajstić information content (AvgIpc) is 2.79. The van der Waals surface area contributed by atoms with Crippen molar-refractivity contribution in [3.63, 3.8) is 0 Å². The van der Waals surface area contributed by atoms with Crippen molar-refractivity contribution in [3.05, 3.63) is 70.1 Å². The molecule has 6 nitrogen and oxygen atoms in total. The number of rotatable bonds is 5. The molecule has 1 aromatic carbocycles. The molecule has 4 rings (SSSR count). The summed E-state index contributed by atoms with van der Waals surface area (Å²) in [5.41, 5.74) is 1.80. The minimum Gasteiger partial charge on any atom is -0.354 e. The summed E-state index contributed by atoms with van der Waals surface area (Å²) in [6, 6.07) is 16.4. The summed E-state index contributed by atoms with van der Waals surface area (Å²) in [4.78, 5) is 24.3. The fraction of sp³-hybridized carbons (Fsp3) is 0.375. The van der Waals surface area contributed by atoms with E-state index >= 15 is 0 Å². The number of nitriles is 1. The van der Waals surface area contributed by atoms with Crippen LogP contribution in [0.1, 0.15) is 25.0 Å². The van der Waals surface area contributed by atoms with Crippen LogP contribution in [0.15, 0.2) is 53.5 Å². The summed E-state index contributed by atoms with van der Waals surface area (Å²) in [6.45, 7) is 8.17. The molecule has 1 fully saturated rings. The molecule has 1 aliphatic rings. The van der Waals surface area contributed by atoms with Crippen LogP contribution in [0.5, 0.6) is 0 Å². The van der Waals surface area contributed by atoms with Crippen LogP contribution in [-0.2, 0) is 11.8 Å². The van der Waals surface area contributed by atoms with Crippen LogP contribution in [0.4, 0.5) is 5.82 Å². The highest BCUT2D eigenvalue weighted by atomic mass is 16.1. The second kappa shape index (κ2) is 8.29. The van der Waals surface area contributed by atoms with E-state index in [4.69, 9.17) is 0 Å². The first-order valence-electron chi connectivity index (χ1n) is 10.5. The number of nitrogens with one attached hydrogen (secondary N) is 1. The molecule has 3 aromatic rings. The number of hydrogen-bond donors (Lipinski definition) is 1. The Morgan fingerprint density at radius 2 is 1.97 bits per heavy atom.